The van der Waals surface area contributed by atoms with Crippen LogP contribution in [0.25, 0.3) is 0 Å². The van der Waals surface area contributed by atoms with Crippen molar-refractivity contribution in [1.29, 1.82) is 0 Å². The minimum atomic E-state index is -5.69. The fourth-order valence-electron chi connectivity index (χ4n) is 3.33. The van der Waals surface area contributed by atoms with Crippen molar-refractivity contribution < 1.29 is 45.0 Å². The minimum Gasteiger partial charge on any atom is -0.497 e. The van der Waals surface area contributed by atoms with Crippen molar-refractivity contribution in [1.82, 2.24) is 4.72 Å². The molecule has 0 aliphatic carbocycles. The average molecular weight is 524 g/mol. The van der Waals surface area contributed by atoms with Gasteiger partial charge in [-0.3, -0.25) is 4.79 Å². The predicted molar refractivity (Wildman–Crippen MR) is 118 cm³/mol. The van der Waals surface area contributed by atoms with Crippen LogP contribution in [0, 0.1) is 0 Å². The Labute approximate surface area is 200 Å². The number of hydrogen-bond donors (Lipinski definition) is 2. The molecule has 0 spiro atoms. The number of ether oxygens (including phenoxy) is 1. The third-order valence-electron chi connectivity index (χ3n) is 5.30. The first-order chi connectivity index (χ1) is 16.2. The molecule has 0 radical (unpaired) electrons. The number of nitrogens with one attached hydrogen (secondary N) is 1. The molecule has 0 bridgehead atoms. The second-order valence-electron chi connectivity index (χ2n) is 7.93. The summed E-state index contributed by atoms with van der Waals surface area (Å²) in [6.07, 6.45) is -7.27. The quantitative estimate of drug-likeness (QED) is 0.339. The predicted octanol–water partition coefficient (Wildman–Crippen LogP) is 5.49. The highest BCUT2D eigenvalue weighted by molar-refractivity contribution is 7.89. The SMILES string of the molecule is COc1ccc(S(=O)(=O)NC(CCCC(F)(F)C(F)(F)F)c2ccc(CCCC(=O)O)cc2)cc1. The van der Waals surface area contributed by atoms with Crippen molar-refractivity contribution in [3.8, 4) is 5.75 Å². The summed E-state index contributed by atoms with van der Waals surface area (Å²) in [5.41, 5.74) is 1.15. The monoisotopic (exact) mass is 523 g/mol. The molecule has 35 heavy (non-hydrogen) atoms. The molecule has 1 unspecified atom stereocenters. The molecular formula is C23H26F5NO5S. The van der Waals surface area contributed by atoms with Crippen LogP contribution in [-0.4, -0.2) is 38.7 Å². The molecule has 0 saturated carbocycles. The molecule has 194 valence electrons. The van der Waals surface area contributed by atoms with E-state index in [4.69, 9.17) is 9.84 Å². The number of rotatable bonds is 13. The Bertz CT molecular complexity index is 1070. The van der Waals surface area contributed by atoms with E-state index in [0.29, 0.717) is 24.2 Å². The summed E-state index contributed by atoms with van der Waals surface area (Å²) in [5.74, 6) is -5.42. The summed E-state index contributed by atoms with van der Waals surface area (Å²) in [6, 6.07) is 10.7. The van der Waals surface area contributed by atoms with Gasteiger partial charge in [0.15, 0.2) is 0 Å². The third kappa shape index (κ3) is 8.46. The summed E-state index contributed by atoms with van der Waals surface area (Å²) < 4.78 is 97.4. The zero-order valence-electron chi connectivity index (χ0n) is 18.8. The lowest BCUT2D eigenvalue weighted by atomic mass is 9.98. The largest absolute Gasteiger partial charge is 0.497 e. The van der Waals surface area contributed by atoms with Crippen molar-refractivity contribution >= 4 is 16.0 Å². The number of carboxylic acid groups (broad SMARTS) is 1. The zero-order valence-corrected chi connectivity index (χ0v) is 19.6. The molecule has 2 aromatic carbocycles. The number of sulfonamides is 1. The van der Waals surface area contributed by atoms with Crippen LogP contribution >= 0.6 is 0 Å². The van der Waals surface area contributed by atoms with E-state index in [0.717, 1.165) is 5.56 Å². The number of hydrogen-bond acceptors (Lipinski definition) is 4. The number of carbonyl (C=O) groups is 1. The van der Waals surface area contributed by atoms with E-state index in [1.807, 2.05) is 0 Å². The lowest BCUT2D eigenvalue weighted by molar-refractivity contribution is -0.284. The first-order valence-corrected chi connectivity index (χ1v) is 12.1. The molecule has 12 heteroatoms. The highest BCUT2D eigenvalue weighted by atomic mass is 32.2. The summed E-state index contributed by atoms with van der Waals surface area (Å²) >= 11 is 0. The number of aryl methyl sites for hydroxylation is 1. The standard InChI is InChI=1S/C23H26F5NO5S/c1-34-18-11-13-19(14-12-18)35(32,33)29-20(5-3-15-22(24,25)23(26,27)28)17-9-7-16(8-10-17)4-2-6-21(30)31/h7-14,20,29H,2-6,15H2,1H3,(H,30,31). The highest BCUT2D eigenvalue weighted by Gasteiger charge is 2.56. The van der Waals surface area contributed by atoms with Crippen LogP contribution in [0.3, 0.4) is 0 Å². The maximum absolute atomic E-state index is 13.4. The molecule has 0 heterocycles. The van der Waals surface area contributed by atoms with Gasteiger partial charge in [0.2, 0.25) is 10.0 Å². The van der Waals surface area contributed by atoms with Gasteiger partial charge in [-0.25, -0.2) is 13.1 Å². The molecule has 0 aliphatic rings. The van der Waals surface area contributed by atoms with Gasteiger partial charge in [-0.2, -0.15) is 22.0 Å². The second-order valence-corrected chi connectivity index (χ2v) is 9.65. The summed E-state index contributed by atoms with van der Waals surface area (Å²) in [5, 5.41) is 8.73. The van der Waals surface area contributed by atoms with Crippen molar-refractivity contribution in [3.05, 3.63) is 59.7 Å². The Hall–Kier alpha value is -2.73. The molecule has 0 amide bonds. The van der Waals surface area contributed by atoms with Gasteiger partial charge < -0.3 is 9.84 Å². The normalized spacial score (nSPS) is 13.4. The lowest BCUT2D eigenvalue weighted by Crippen LogP contribution is -2.36. The van der Waals surface area contributed by atoms with Gasteiger partial charge in [0.25, 0.3) is 0 Å². The molecule has 0 aliphatic heterocycles. The van der Waals surface area contributed by atoms with Crippen LogP contribution in [0.5, 0.6) is 5.75 Å². The number of alkyl halides is 5. The van der Waals surface area contributed by atoms with E-state index in [2.05, 4.69) is 4.72 Å². The summed E-state index contributed by atoms with van der Waals surface area (Å²) in [4.78, 5) is 10.5. The number of methoxy groups -OCH3 is 1. The fraction of sp³-hybridized carbons (Fsp3) is 0.435. The van der Waals surface area contributed by atoms with Crippen molar-refractivity contribution in [2.24, 2.45) is 0 Å². The van der Waals surface area contributed by atoms with Crippen LogP contribution in [0.4, 0.5) is 22.0 Å². The number of carboxylic acids is 1. The number of benzene rings is 2. The Morgan fingerprint density at radius 2 is 1.60 bits per heavy atom. The van der Waals surface area contributed by atoms with Gasteiger partial charge in [-0.15, -0.1) is 0 Å². The average Bonchev–Trinajstić information content (AvgIpc) is 2.78. The highest BCUT2D eigenvalue weighted by Crippen LogP contribution is 2.40. The molecule has 0 saturated heterocycles. The van der Waals surface area contributed by atoms with E-state index < -0.39 is 47.0 Å². The maximum atomic E-state index is 13.4. The van der Waals surface area contributed by atoms with Gasteiger partial charge in [0.05, 0.1) is 12.0 Å². The van der Waals surface area contributed by atoms with Crippen LogP contribution in [0.1, 0.15) is 49.3 Å². The Kier molecular flexibility index (Phi) is 9.61. The first kappa shape index (κ1) is 28.5. The number of halogens is 5. The molecule has 6 nitrogen and oxygen atoms in total. The van der Waals surface area contributed by atoms with E-state index in [1.165, 1.54) is 31.4 Å². The van der Waals surface area contributed by atoms with E-state index >= 15 is 0 Å². The Balaban J connectivity index is 2.22. The zero-order chi connectivity index (χ0) is 26.3. The maximum Gasteiger partial charge on any atom is 0.453 e. The van der Waals surface area contributed by atoms with Crippen LogP contribution in [0.2, 0.25) is 0 Å². The van der Waals surface area contributed by atoms with Gasteiger partial charge in [0.1, 0.15) is 5.75 Å². The van der Waals surface area contributed by atoms with Crippen molar-refractivity contribution in [2.75, 3.05) is 7.11 Å². The molecule has 1 atom stereocenters. The topological polar surface area (TPSA) is 92.7 Å². The minimum absolute atomic E-state index is 0.0283. The Morgan fingerprint density at radius 3 is 2.11 bits per heavy atom. The smallest absolute Gasteiger partial charge is 0.453 e. The van der Waals surface area contributed by atoms with Crippen molar-refractivity contribution in [2.45, 2.75) is 61.6 Å². The third-order valence-corrected chi connectivity index (χ3v) is 6.79. The van der Waals surface area contributed by atoms with Crippen molar-refractivity contribution in [3.63, 3.8) is 0 Å². The molecule has 2 N–H and O–H groups in total. The molecule has 0 aromatic heterocycles. The van der Waals surface area contributed by atoms with Gasteiger partial charge in [-0.1, -0.05) is 24.3 Å². The van der Waals surface area contributed by atoms with E-state index in [1.54, 1.807) is 24.3 Å². The van der Waals surface area contributed by atoms with Gasteiger partial charge >= 0.3 is 18.1 Å². The molecule has 2 aromatic rings. The van der Waals surface area contributed by atoms with Gasteiger partial charge in [0, 0.05) is 18.9 Å². The van der Waals surface area contributed by atoms with Crippen LogP contribution in [-0.2, 0) is 21.2 Å². The molecular weight excluding hydrogens is 497 g/mol. The lowest BCUT2D eigenvalue weighted by Gasteiger charge is -2.23. The Morgan fingerprint density at radius 1 is 1.00 bits per heavy atom. The van der Waals surface area contributed by atoms with Crippen LogP contribution < -0.4 is 9.46 Å². The van der Waals surface area contributed by atoms with Gasteiger partial charge in [-0.05, 0) is 61.1 Å². The number of aliphatic carboxylic acids is 1. The summed E-state index contributed by atoms with van der Waals surface area (Å²) in [6.45, 7) is 0. The first-order valence-electron chi connectivity index (χ1n) is 10.7. The van der Waals surface area contributed by atoms with E-state index in [-0.39, 0.29) is 17.7 Å². The van der Waals surface area contributed by atoms with Crippen LogP contribution in [0.15, 0.2) is 53.4 Å². The van der Waals surface area contributed by atoms with E-state index in [9.17, 15) is 35.2 Å². The second kappa shape index (κ2) is 11.8. The fourth-order valence-corrected chi connectivity index (χ4v) is 4.59. The molecule has 2 rings (SSSR count). The summed E-state index contributed by atoms with van der Waals surface area (Å²) in [7, 11) is -2.74. The molecule has 0 fully saturated rings.